The van der Waals surface area contributed by atoms with E-state index < -0.39 is 0 Å². The van der Waals surface area contributed by atoms with Gasteiger partial charge in [-0.05, 0) is 17.1 Å². The molecule has 1 heterocycles. The third kappa shape index (κ3) is 2.35. The van der Waals surface area contributed by atoms with E-state index in [0.29, 0.717) is 0 Å². The van der Waals surface area contributed by atoms with E-state index in [0.717, 1.165) is 21.5 Å². The third-order valence-electron chi connectivity index (χ3n) is 1.97. The summed E-state index contributed by atoms with van der Waals surface area (Å²) in [6, 6.07) is 11.9. The highest BCUT2D eigenvalue weighted by molar-refractivity contribution is 8.00. The van der Waals surface area contributed by atoms with Gasteiger partial charge in [-0.1, -0.05) is 30.3 Å². The molecule has 0 aliphatic rings. The molecule has 0 atom stereocenters. The number of rotatable bonds is 3. The Morgan fingerprint density at radius 2 is 2.12 bits per heavy atom. The highest BCUT2D eigenvalue weighted by Crippen LogP contribution is 2.34. The second-order valence-electron chi connectivity index (χ2n) is 3.05. The minimum absolute atomic E-state index is 0.164. The summed E-state index contributed by atoms with van der Waals surface area (Å²) in [7, 11) is 0. The Hall–Kier alpha value is -1.51. The van der Waals surface area contributed by atoms with Crippen LogP contribution in [0, 0.1) is 11.3 Å². The molecule has 1 aromatic carbocycles. The van der Waals surface area contributed by atoms with Crippen molar-refractivity contribution in [2.45, 2.75) is 9.96 Å². The molecule has 0 saturated carbocycles. The van der Waals surface area contributed by atoms with E-state index in [-0.39, 0.29) is 11.4 Å². The van der Waals surface area contributed by atoms with Crippen LogP contribution < -0.4 is 0 Å². The average Bonchev–Trinajstić information content (AvgIpc) is 2.68. The quantitative estimate of drug-likeness (QED) is 0.848. The van der Waals surface area contributed by atoms with Crippen LogP contribution in [0.25, 0.3) is 0 Å². The van der Waals surface area contributed by atoms with Gasteiger partial charge in [0, 0.05) is 5.75 Å². The van der Waals surface area contributed by atoms with Gasteiger partial charge in [0.2, 0.25) is 5.88 Å². The molecule has 0 unspecified atom stereocenters. The van der Waals surface area contributed by atoms with E-state index in [2.05, 4.69) is 4.37 Å². The van der Waals surface area contributed by atoms with Crippen LogP contribution in [-0.2, 0) is 5.75 Å². The van der Waals surface area contributed by atoms with Gasteiger partial charge in [0.1, 0.15) is 15.8 Å². The van der Waals surface area contributed by atoms with Crippen molar-refractivity contribution < 1.29 is 5.11 Å². The smallest absolute Gasteiger partial charge is 0.242 e. The van der Waals surface area contributed by atoms with Gasteiger partial charge < -0.3 is 5.11 Å². The molecule has 0 aliphatic heterocycles. The maximum atomic E-state index is 9.29. The fourth-order valence-corrected chi connectivity index (χ4v) is 2.94. The van der Waals surface area contributed by atoms with Crippen molar-refractivity contribution in [1.29, 1.82) is 5.26 Å². The van der Waals surface area contributed by atoms with Gasteiger partial charge in [0.05, 0.1) is 0 Å². The van der Waals surface area contributed by atoms with Gasteiger partial charge in [0.25, 0.3) is 0 Å². The zero-order valence-electron chi connectivity index (χ0n) is 8.25. The van der Waals surface area contributed by atoms with E-state index in [9.17, 15) is 5.11 Å². The summed E-state index contributed by atoms with van der Waals surface area (Å²) in [6.45, 7) is 0. The predicted octanol–water partition coefficient (Wildman–Crippen LogP) is 3.01. The van der Waals surface area contributed by atoms with E-state index in [1.807, 2.05) is 36.4 Å². The van der Waals surface area contributed by atoms with Gasteiger partial charge in [-0.3, -0.25) is 0 Å². The molecule has 0 fully saturated rings. The highest BCUT2D eigenvalue weighted by atomic mass is 32.2. The van der Waals surface area contributed by atoms with Crippen molar-refractivity contribution in [2.75, 3.05) is 0 Å². The van der Waals surface area contributed by atoms with E-state index >= 15 is 0 Å². The largest absolute Gasteiger partial charge is 0.492 e. The number of thioether (sulfide) groups is 1. The Kier molecular flexibility index (Phi) is 3.44. The lowest BCUT2D eigenvalue weighted by molar-refractivity contribution is 0.457. The lowest BCUT2D eigenvalue weighted by Crippen LogP contribution is -1.79. The Morgan fingerprint density at radius 3 is 2.81 bits per heavy atom. The summed E-state index contributed by atoms with van der Waals surface area (Å²) >= 11 is 2.68. The summed E-state index contributed by atoms with van der Waals surface area (Å²) in [4.78, 5) is 0. The van der Waals surface area contributed by atoms with E-state index in [1.54, 1.807) is 0 Å². The molecule has 0 radical (unpaired) electrons. The molecule has 2 rings (SSSR count). The molecule has 0 saturated heterocycles. The Morgan fingerprint density at radius 1 is 1.38 bits per heavy atom. The van der Waals surface area contributed by atoms with Crippen LogP contribution in [0.1, 0.15) is 11.1 Å². The lowest BCUT2D eigenvalue weighted by Gasteiger charge is -1.98. The zero-order valence-corrected chi connectivity index (χ0v) is 9.88. The summed E-state index contributed by atoms with van der Waals surface area (Å²) in [6.07, 6.45) is 0. The maximum Gasteiger partial charge on any atom is 0.242 e. The van der Waals surface area contributed by atoms with Crippen LogP contribution >= 0.6 is 23.3 Å². The second-order valence-corrected chi connectivity index (χ2v) is 5.07. The van der Waals surface area contributed by atoms with Crippen LogP contribution in [0.15, 0.2) is 34.5 Å². The van der Waals surface area contributed by atoms with Crippen molar-refractivity contribution in [3.05, 3.63) is 41.5 Å². The average molecular weight is 248 g/mol. The van der Waals surface area contributed by atoms with Crippen LogP contribution in [0.5, 0.6) is 5.88 Å². The minimum atomic E-state index is -0.164. The number of benzene rings is 1. The molecule has 1 aromatic heterocycles. The summed E-state index contributed by atoms with van der Waals surface area (Å²) in [5.74, 6) is 0.611. The van der Waals surface area contributed by atoms with Crippen LogP contribution in [0.2, 0.25) is 0 Å². The van der Waals surface area contributed by atoms with Crippen molar-refractivity contribution in [3.8, 4) is 11.9 Å². The van der Waals surface area contributed by atoms with Crippen LogP contribution in [-0.4, -0.2) is 9.48 Å². The van der Waals surface area contributed by atoms with E-state index in [4.69, 9.17) is 5.26 Å². The fraction of sp³-hybridized carbons (Fsp3) is 0.0909. The van der Waals surface area contributed by atoms with Crippen LogP contribution in [0.4, 0.5) is 0 Å². The SMILES string of the molecule is N#Cc1c(O)nsc1SCc1ccccc1. The normalized spacial score (nSPS) is 9.94. The maximum absolute atomic E-state index is 9.29. The summed E-state index contributed by atoms with van der Waals surface area (Å²) < 4.78 is 4.52. The first-order valence-corrected chi connectivity index (χ1v) is 6.32. The molecule has 1 N–H and O–H groups in total. The molecule has 0 amide bonds. The van der Waals surface area contributed by atoms with Crippen LogP contribution in [0.3, 0.4) is 0 Å². The molecule has 2 aromatic rings. The number of aromatic hydroxyl groups is 1. The lowest BCUT2D eigenvalue weighted by atomic mass is 10.2. The second kappa shape index (κ2) is 5.01. The molecular formula is C11H8N2OS2. The molecule has 3 nitrogen and oxygen atoms in total. The number of nitriles is 1. The summed E-state index contributed by atoms with van der Waals surface area (Å²) in [5, 5.41) is 18.1. The van der Waals surface area contributed by atoms with Gasteiger partial charge in [-0.15, -0.1) is 11.8 Å². The van der Waals surface area contributed by atoms with Gasteiger partial charge >= 0.3 is 0 Å². The van der Waals surface area contributed by atoms with Gasteiger partial charge in [-0.2, -0.15) is 9.64 Å². The molecule has 5 heteroatoms. The standard InChI is InChI=1S/C11H8N2OS2/c12-6-9-10(14)13-16-11(9)15-7-8-4-2-1-3-5-8/h1-5H,7H2,(H,13,14). The van der Waals surface area contributed by atoms with E-state index in [1.165, 1.54) is 17.3 Å². The molecule has 0 aliphatic carbocycles. The topological polar surface area (TPSA) is 56.9 Å². The Balaban J connectivity index is 2.09. The number of hydrogen-bond acceptors (Lipinski definition) is 5. The molecule has 0 bridgehead atoms. The molecule has 0 spiro atoms. The number of nitrogens with zero attached hydrogens (tertiary/aromatic N) is 2. The Bertz CT molecular complexity index is 517. The van der Waals surface area contributed by atoms with Crippen molar-refractivity contribution >= 4 is 23.3 Å². The highest BCUT2D eigenvalue weighted by Gasteiger charge is 2.12. The first kappa shape index (κ1) is 11.0. The van der Waals surface area contributed by atoms with Gasteiger partial charge in [0.15, 0.2) is 0 Å². The molecule has 80 valence electrons. The van der Waals surface area contributed by atoms with Gasteiger partial charge in [-0.25, -0.2) is 0 Å². The first-order chi connectivity index (χ1) is 7.81. The molecule has 16 heavy (non-hydrogen) atoms. The fourth-order valence-electron chi connectivity index (χ4n) is 1.18. The minimum Gasteiger partial charge on any atom is -0.492 e. The summed E-state index contributed by atoms with van der Waals surface area (Å²) in [5.41, 5.74) is 1.47. The monoisotopic (exact) mass is 248 g/mol. The Labute approximate surface area is 102 Å². The molecular weight excluding hydrogens is 240 g/mol. The predicted molar refractivity (Wildman–Crippen MR) is 64.5 cm³/mol. The van der Waals surface area contributed by atoms with Crippen molar-refractivity contribution in [2.24, 2.45) is 0 Å². The number of aromatic nitrogens is 1. The van der Waals surface area contributed by atoms with Crippen molar-refractivity contribution in [1.82, 2.24) is 4.37 Å². The zero-order chi connectivity index (χ0) is 11.4. The number of hydrogen-bond donors (Lipinski definition) is 1. The van der Waals surface area contributed by atoms with Crippen molar-refractivity contribution in [3.63, 3.8) is 0 Å². The third-order valence-corrected chi connectivity index (χ3v) is 4.12. The first-order valence-electron chi connectivity index (χ1n) is 4.56.